The number of oxazole rings is 1. The Kier molecular flexibility index (Phi) is 2.84. The number of nitrogens with zero attached hydrogens (tertiary/aromatic N) is 1. The monoisotopic (exact) mass is 296 g/mol. The quantitative estimate of drug-likeness (QED) is 0.672. The van der Waals surface area contributed by atoms with E-state index in [1.165, 1.54) is 18.2 Å². The number of hydrogen-bond donors (Lipinski definition) is 1. The molecular weight excluding hydrogens is 290 g/mol. The van der Waals surface area contributed by atoms with Gasteiger partial charge < -0.3 is 10.2 Å². The van der Waals surface area contributed by atoms with Gasteiger partial charge in [0, 0.05) is 11.1 Å². The second-order valence-electron chi connectivity index (χ2n) is 3.98. The molecule has 6 heteroatoms. The van der Waals surface area contributed by atoms with E-state index in [4.69, 9.17) is 33.4 Å². The van der Waals surface area contributed by atoms with Crippen LogP contribution in [0.1, 0.15) is 0 Å². The molecule has 0 aliphatic rings. The highest BCUT2D eigenvalue weighted by Crippen LogP contribution is 2.31. The third-order valence-corrected chi connectivity index (χ3v) is 3.23. The van der Waals surface area contributed by atoms with Gasteiger partial charge in [-0.3, -0.25) is 0 Å². The molecule has 3 nitrogen and oxygen atoms in total. The second-order valence-corrected chi connectivity index (χ2v) is 4.83. The van der Waals surface area contributed by atoms with Crippen LogP contribution in [0.4, 0.5) is 10.1 Å². The highest BCUT2D eigenvalue weighted by molar-refractivity contribution is 6.33. The molecule has 3 rings (SSSR count). The predicted molar refractivity (Wildman–Crippen MR) is 73.8 cm³/mol. The van der Waals surface area contributed by atoms with Gasteiger partial charge in [-0.05, 0) is 24.3 Å². The average molecular weight is 297 g/mol. The lowest BCUT2D eigenvalue weighted by atomic mass is 10.2. The standard InChI is InChI=1S/C13H7Cl2FN2O/c14-6-1-2-9(16)7(3-6)13-18-11-4-8(15)10(17)5-12(11)19-13/h1-5H,17H2. The molecule has 0 aliphatic heterocycles. The number of nitrogen functional groups attached to an aromatic ring is 1. The molecule has 0 spiro atoms. The van der Waals surface area contributed by atoms with E-state index in [9.17, 15) is 4.39 Å². The predicted octanol–water partition coefficient (Wildman–Crippen LogP) is 4.52. The van der Waals surface area contributed by atoms with E-state index in [2.05, 4.69) is 4.98 Å². The van der Waals surface area contributed by atoms with E-state index < -0.39 is 5.82 Å². The van der Waals surface area contributed by atoms with Gasteiger partial charge >= 0.3 is 0 Å². The lowest BCUT2D eigenvalue weighted by Crippen LogP contribution is -1.85. The maximum atomic E-state index is 13.7. The molecule has 0 fully saturated rings. The minimum atomic E-state index is -0.463. The van der Waals surface area contributed by atoms with Crippen LogP contribution in [0, 0.1) is 5.82 Å². The number of benzene rings is 2. The van der Waals surface area contributed by atoms with Crippen molar-refractivity contribution in [3.8, 4) is 11.5 Å². The fourth-order valence-corrected chi connectivity index (χ4v) is 2.07. The molecule has 2 aromatic carbocycles. The topological polar surface area (TPSA) is 52.0 Å². The van der Waals surface area contributed by atoms with Crippen LogP contribution in [0.25, 0.3) is 22.6 Å². The van der Waals surface area contributed by atoms with E-state index in [0.717, 1.165) is 0 Å². The SMILES string of the molecule is Nc1cc2oc(-c3cc(Cl)ccc3F)nc2cc1Cl. The van der Waals surface area contributed by atoms with E-state index in [1.54, 1.807) is 12.1 Å². The summed E-state index contributed by atoms with van der Waals surface area (Å²) >= 11 is 11.7. The largest absolute Gasteiger partial charge is 0.436 e. The van der Waals surface area contributed by atoms with E-state index >= 15 is 0 Å². The summed E-state index contributed by atoms with van der Waals surface area (Å²) in [4.78, 5) is 4.18. The number of anilines is 1. The van der Waals surface area contributed by atoms with Crippen molar-refractivity contribution >= 4 is 40.0 Å². The van der Waals surface area contributed by atoms with Crippen molar-refractivity contribution in [1.82, 2.24) is 4.98 Å². The molecular formula is C13H7Cl2FN2O. The summed E-state index contributed by atoms with van der Waals surface area (Å²) in [5, 5.41) is 0.773. The Hall–Kier alpha value is -1.78. The average Bonchev–Trinajstić information content (AvgIpc) is 2.75. The first-order valence-corrected chi connectivity index (χ1v) is 6.11. The van der Waals surface area contributed by atoms with Gasteiger partial charge in [-0.25, -0.2) is 9.37 Å². The van der Waals surface area contributed by atoms with Crippen molar-refractivity contribution < 1.29 is 8.81 Å². The third kappa shape index (κ3) is 2.13. The van der Waals surface area contributed by atoms with Crippen molar-refractivity contribution in [2.45, 2.75) is 0 Å². The van der Waals surface area contributed by atoms with E-state index in [0.29, 0.717) is 26.8 Å². The zero-order valence-electron chi connectivity index (χ0n) is 9.45. The summed E-state index contributed by atoms with van der Waals surface area (Å²) in [6, 6.07) is 7.29. The van der Waals surface area contributed by atoms with Gasteiger partial charge in [0.15, 0.2) is 5.58 Å². The molecule has 0 radical (unpaired) electrons. The highest BCUT2D eigenvalue weighted by atomic mass is 35.5. The van der Waals surface area contributed by atoms with Crippen LogP contribution < -0.4 is 5.73 Å². The summed E-state index contributed by atoms with van der Waals surface area (Å²) in [5.74, 6) is -0.327. The Bertz CT molecular complexity index is 747. The maximum Gasteiger partial charge on any atom is 0.230 e. The smallest absolute Gasteiger partial charge is 0.230 e. The van der Waals surface area contributed by atoms with Crippen LogP contribution in [-0.2, 0) is 0 Å². The van der Waals surface area contributed by atoms with Gasteiger partial charge in [0.05, 0.1) is 16.3 Å². The Balaban J connectivity index is 2.23. The van der Waals surface area contributed by atoms with Gasteiger partial charge in [-0.2, -0.15) is 0 Å². The molecule has 96 valence electrons. The van der Waals surface area contributed by atoms with Gasteiger partial charge in [0.25, 0.3) is 0 Å². The van der Waals surface area contributed by atoms with Crippen LogP contribution in [0.2, 0.25) is 10.0 Å². The van der Waals surface area contributed by atoms with Gasteiger partial charge in [0.2, 0.25) is 5.89 Å². The van der Waals surface area contributed by atoms with E-state index in [-0.39, 0.29) is 11.5 Å². The van der Waals surface area contributed by atoms with Crippen molar-refractivity contribution in [3.63, 3.8) is 0 Å². The van der Waals surface area contributed by atoms with E-state index in [1.807, 2.05) is 0 Å². The Labute approximate surface area is 117 Å². The van der Waals surface area contributed by atoms with Crippen molar-refractivity contribution in [3.05, 3.63) is 46.2 Å². The van der Waals surface area contributed by atoms with Gasteiger partial charge in [-0.1, -0.05) is 23.2 Å². The first kappa shape index (κ1) is 12.3. The third-order valence-electron chi connectivity index (χ3n) is 2.67. The van der Waals surface area contributed by atoms with Crippen LogP contribution in [0.5, 0.6) is 0 Å². The van der Waals surface area contributed by atoms with Crippen molar-refractivity contribution in [2.24, 2.45) is 0 Å². The van der Waals surface area contributed by atoms with Crippen LogP contribution in [-0.4, -0.2) is 4.98 Å². The summed E-state index contributed by atoms with van der Waals surface area (Å²) in [6.45, 7) is 0. The molecule has 0 amide bonds. The molecule has 19 heavy (non-hydrogen) atoms. The van der Waals surface area contributed by atoms with Crippen LogP contribution in [0.15, 0.2) is 34.7 Å². The first-order chi connectivity index (χ1) is 9.04. The summed E-state index contributed by atoms with van der Waals surface area (Å²) in [6.07, 6.45) is 0. The van der Waals surface area contributed by atoms with Crippen LogP contribution in [0.3, 0.4) is 0 Å². The lowest BCUT2D eigenvalue weighted by molar-refractivity contribution is 0.594. The Morgan fingerprint density at radius 2 is 1.95 bits per heavy atom. The molecule has 1 aromatic heterocycles. The molecule has 0 saturated carbocycles. The van der Waals surface area contributed by atoms with Crippen LogP contribution >= 0.6 is 23.2 Å². The molecule has 3 aromatic rings. The fourth-order valence-electron chi connectivity index (χ4n) is 1.74. The molecule has 0 unspecified atom stereocenters. The maximum absolute atomic E-state index is 13.7. The van der Waals surface area contributed by atoms with Gasteiger partial charge in [0.1, 0.15) is 11.3 Å². The van der Waals surface area contributed by atoms with Crippen molar-refractivity contribution in [1.29, 1.82) is 0 Å². The normalized spacial score (nSPS) is 11.1. The number of nitrogens with two attached hydrogens (primary N) is 1. The number of halogens is 3. The number of aromatic nitrogens is 1. The molecule has 0 atom stereocenters. The first-order valence-electron chi connectivity index (χ1n) is 5.35. The highest BCUT2D eigenvalue weighted by Gasteiger charge is 2.14. The zero-order chi connectivity index (χ0) is 13.6. The van der Waals surface area contributed by atoms with Gasteiger partial charge in [-0.15, -0.1) is 0 Å². The molecule has 0 aliphatic carbocycles. The minimum absolute atomic E-state index is 0.136. The Morgan fingerprint density at radius 1 is 1.16 bits per heavy atom. The minimum Gasteiger partial charge on any atom is -0.436 e. The molecule has 2 N–H and O–H groups in total. The number of fused-ring (bicyclic) bond motifs is 1. The molecule has 0 bridgehead atoms. The fraction of sp³-hybridized carbons (Fsp3) is 0. The molecule has 1 heterocycles. The number of rotatable bonds is 1. The second kappa shape index (κ2) is 4.40. The summed E-state index contributed by atoms with van der Waals surface area (Å²) < 4.78 is 19.2. The molecule has 0 saturated heterocycles. The number of hydrogen-bond acceptors (Lipinski definition) is 3. The lowest BCUT2D eigenvalue weighted by Gasteiger charge is -1.98. The summed E-state index contributed by atoms with van der Waals surface area (Å²) in [5.41, 5.74) is 7.19. The summed E-state index contributed by atoms with van der Waals surface area (Å²) in [7, 11) is 0. The Morgan fingerprint density at radius 3 is 2.74 bits per heavy atom. The van der Waals surface area contributed by atoms with Crippen molar-refractivity contribution in [2.75, 3.05) is 5.73 Å². The zero-order valence-corrected chi connectivity index (χ0v) is 11.0.